The number of amides is 1. The van der Waals surface area contributed by atoms with E-state index in [1.807, 2.05) is 0 Å². The topological polar surface area (TPSA) is 60.0 Å². The van der Waals surface area contributed by atoms with Crippen molar-refractivity contribution in [3.05, 3.63) is 17.7 Å². The SMILES string of the molecule is CCCCOc1c(OC)cc(C(=O)NCC2CCN(CC)C2)cc1OC. The van der Waals surface area contributed by atoms with Crippen LogP contribution in [-0.2, 0) is 0 Å². The molecule has 1 N–H and O–H groups in total. The van der Waals surface area contributed by atoms with E-state index in [9.17, 15) is 4.79 Å². The van der Waals surface area contributed by atoms with Gasteiger partial charge < -0.3 is 24.4 Å². The minimum Gasteiger partial charge on any atom is -0.493 e. The third kappa shape index (κ3) is 5.27. The van der Waals surface area contributed by atoms with Crippen molar-refractivity contribution in [2.45, 2.75) is 33.1 Å². The van der Waals surface area contributed by atoms with E-state index in [1.54, 1.807) is 26.4 Å². The zero-order chi connectivity index (χ0) is 18.9. The minimum absolute atomic E-state index is 0.114. The number of benzene rings is 1. The Morgan fingerprint density at radius 2 is 1.92 bits per heavy atom. The van der Waals surface area contributed by atoms with Crippen molar-refractivity contribution in [1.29, 1.82) is 0 Å². The maximum Gasteiger partial charge on any atom is 0.251 e. The van der Waals surface area contributed by atoms with Crippen LogP contribution in [0.4, 0.5) is 0 Å². The van der Waals surface area contributed by atoms with Gasteiger partial charge in [-0.1, -0.05) is 20.3 Å². The fourth-order valence-electron chi connectivity index (χ4n) is 3.18. The van der Waals surface area contributed by atoms with Gasteiger partial charge in [0, 0.05) is 18.7 Å². The van der Waals surface area contributed by atoms with E-state index in [-0.39, 0.29) is 5.91 Å². The van der Waals surface area contributed by atoms with Crippen LogP contribution in [0.3, 0.4) is 0 Å². The fourth-order valence-corrected chi connectivity index (χ4v) is 3.18. The lowest BCUT2D eigenvalue weighted by Crippen LogP contribution is -2.31. The molecule has 2 rings (SSSR count). The van der Waals surface area contributed by atoms with Crippen LogP contribution in [0.1, 0.15) is 43.5 Å². The van der Waals surface area contributed by atoms with Crippen LogP contribution in [0.2, 0.25) is 0 Å². The molecule has 1 amide bonds. The molecule has 1 atom stereocenters. The first-order chi connectivity index (χ1) is 12.6. The highest BCUT2D eigenvalue weighted by molar-refractivity contribution is 5.95. The molecule has 1 aliphatic heterocycles. The maximum absolute atomic E-state index is 12.6. The molecular weight excluding hydrogens is 332 g/mol. The Kier molecular flexibility index (Phi) is 8.04. The number of carbonyl (C=O) groups is 1. The Balaban J connectivity index is 2.04. The summed E-state index contributed by atoms with van der Waals surface area (Å²) in [7, 11) is 3.14. The molecule has 1 aromatic carbocycles. The zero-order valence-corrected chi connectivity index (χ0v) is 16.5. The number of ether oxygens (including phenoxy) is 3. The summed E-state index contributed by atoms with van der Waals surface area (Å²) in [4.78, 5) is 15.0. The van der Waals surface area contributed by atoms with Crippen molar-refractivity contribution in [3.63, 3.8) is 0 Å². The van der Waals surface area contributed by atoms with Crippen LogP contribution >= 0.6 is 0 Å². The number of likely N-dealkylation sites (tertiary alicyclic amines) is 1. The van der Waals surface area contributed by atoms with E-state index in [0.717, 1.165) is 38.9 Å². The van der Waals surface area contributed by atoms with Crippen LogP contribution in [0, 0.1) is 5.92 Å². The molecule has 0 radical (unpaired) electrons. The van der Waals surface area contributed by atoms with Crippen LogP contribution < -0.4 is 19.5 Å². The van der Waals surface area contributed by atoms with Gasteiger partial charge in [0.2, 0.25) is 5.75 Å². The first kappa shape index (κ1) is 20.4. The van der Waals surface area contributed by atoms with Crippen LogP contribution in [0.5, 0.6) is 17.2 Å². The molecule has 6 heteroatoms. The number of hydrogen-bond acceptors (Lipinski definition) is 5. The first-order valence-corrected chi connectivity index (χ1v) is 9.52. The monoisotopic (exact) mass is 364 g/mol. The van der Waals surface area contributed by atoms with E-state index >= 15 is 0 Å². The summed E-state index contributed by atoms with van der Waals surface area (Å²) in [6, 6.07) is 3.43. The molecule has 0 saturated carbocycles. The minimum atomic E-state index is -0.114. The lowest BCUT2D eigenvalue weighted by Gasteiger charge is -2.17. The van der Waals surface area contributed by atoms with E-state index < -0.39 is 0 Å². The van der Waals surface area contributed by atoms with E-state index in [0.29, 0.717) is 41.9 Å². The summed E-state index contributed by atoms with van der Waals surface area (Å²) >= 11 is 0. The molecule has 0 bridgehead atoms. The number of carbonyl (C=O) groups excluding carboxylic acids is 1. The Bertz CT molecular complexity index is 566. The second kappa shape index (κ2) is 10.3. The molecule has 1 unspecified atom stereocenters. The van der Waals surface area contributed by atoms with Crippen molar-refractivity contribution in [3.8, 4) is 17.2 Å². The van der Waals surface area contributed by atoms with Crippen LogP contribution in [0.25, 0.3) is 0 Å². The lowest BCUT2D eigenvalue weighted by atomic mass is 10.1. The molecule has 6 nitrogen and oxygen atoms in total. The average molecular weight is 364 g/mol. The molecule has 1 heterocycles. The molecule has 26 heavy (non-hydrogen) atoms. The van der Waals surface area contributed by atoms with Gasteiger partial charge in [0.15, 0.2) is 11.5 Å². The number of hydrogen-bond donors (Lipinski definition) is 1. The van der Waals surface area contributed by atoms with E-state index in [4.69, 9.17) is 14.2 Å². The highest BCUT2D eigenvalue weighted by Gasteiger charge is 2.22. The normalized spacial score (nSPS) is 17.2. The second-order valence-electron chi connectivity index (χ2n) is 6.67. The molecule has 0 aliphatic carbocycles. The molecule has 0 aromatic heterocycles. The summed E-state index contributed by atoms with van der Waals surface area (Å²) in [6.45, 7) is 8.78. The molecular formula is C20H32N2O4. The third-order valence-corrected chi connectivity index (χ3v) is 4.84. The molecule has 1 saturated heterocycles. The summed E-state index contributed by atoms with van der Waals surface area (Å²) in [5.41, 5.74) is 0.520. The zero-order valence-electron chi connectivity index (χ0n) is 16.5. The van der Waals surface area contributed by atoms with E-state index in [2.05, 4.69) is 24.1 Å². The smallest absolute Gasteiger partial charge is 0.251 e. The number of unbranched alkanes of at least 4 members (excludes halogenated alkanes) is 1. The second-order valence-corrected chi connectivity index (χ2v) is 6.67. The number of rotatable bonds is 10. The van der Waals surface area contributed by atoms with E-state index in [1.165, 1.54) is 0 Å². The molecule has 1 aliphatic rings. The fraction of sp³-hybridized carbons (Fsp3) is 0.650. The Morgan fingerprint density at radius 3 is 2.46 bits per heavy atom. The standard InChI is InChI=1S/C20H32N2O4/c1-5-7-10-26-19-17(24-3)11-16(12-18(19)25-4)20(23)21-13-15-8-9-22(6-2)14-15/h11-12,15H,5-10,13-14H2,1-4H3,(H,21,23). The quantitative estimate of drug-likeness (QED) is 0.647. The highest BCUT2D eigenvalue weighted by atomic mass is 16.5. The summed E-state index contributed by atoms with van der Waals surface area (Å²) in [5.74, 6) is 1.98. The van der Waals surface area contributed by atoms with Crippen molar-refractivity contribution < 1.29 is 19.0 Å². The van der Waals surface area contributed by atoms with Crippen molar-refractivity contribution in [1.82, 2.24) is 10.2 Å². The van der Waals surface area contributed by atoms with Gasteiger partial charge in [-0.25, -0.2) is 0 Å². The highest BCUT2D eigenvalue weighted by Crippen LogP contribution is 2.38. The molecule has 1 aromatic rings. The number of nitrogens with zero attached hydrogens (tertiary/aromatic N) is 1. The number of nitrogens with one attached hydrogen (secondary N) is 1. The van der Waals surface area contributed by atoms with Gasteiger partial charge >= 0.3 is 0 Å². The van der Waals surface area contributed by atoms with Gasteiger partial charge in [-0.2, -0.15) is 0 Å². The average Bonchev–Trinajstić information content (AvgIpc) is 3.14. The lowest BCUT2D eigenvalue weighted by molar-refractivity contribution is 0.0946. The van der Waals surface area contributed by atoms with Gasteiger partial charge in [-0.15, -0.1) is 0 Å². The molecule has 146 valence electrons. The Morgan fingerprint density at radius 1 is 1.23 bits per heavy atom. The number of methoxy groups -OCH3 is 2. The summed E-state index contributed by atoms with van der Waals surface area (Å²) in [5, 5.41) is 3.04. The first-order valence-electron chi connectivity index (χ1n) is 9.52. The van der Waals surface area contributed by atoms with Gasteiger partial charge in [0.05, 0.1) is 20.8 Å². The predicted molar refractivity (Wildman–Crippen MR) is 103 cm³/mol. The molecule has 0 spiro atoms. The summed E-state index contributed by atoms with van der Waals surface area (Å²) < 4.78 is 16.7. The third-order valence-electron chi connectivity index (χ3n) is 4.84. The predicted octanol–water partition coefficient (Wildman–Crippen LogP) is 2.95. The Labute approximate surface area is 156 Å². The van der Waals surface area contributed by atoms with Crippen molar-refractivity contribution in [2.75, 3.05) is 47.0 Å². The van der Waals surface area contributed by atoms with Crippen LogP contribution in [-0.4, -0.2) is 57.8 Å². The van der Waals surface area contributed by atoms with Crippen molar-refractivity contribution in [2.24, 2.45) is 5.92 Å². The Hall–Kier alpha value is -1.95. The van der Waals surface area contributed by atoms with Gasteiger partial charge in [-0.3, -0.25) is 4.79 Å². The van der Waals surface area contributed by atoms with Gasteiger partial charge in [-0.05, 0) is 44.0 Å². The summed E-state index contributed by atoms with van der Waals surface area (Å²) in [6.07, 6.45) is 3.12. The molecule has 1 fully saturated rings. The van der Waals surface area contributed by atoms with Crippen molar-refractivity contribution >= 4 is 5.91 Å². The maximum atomic E-state index is 12.6. The van der Waals surface area contributed by atoms with Gasteiger partial charge in [0.25, 0.3) is 5.91 Å². The van der Waals surface area contributed by atoms with Gasteiger partial charge in [0.1, 0.15) is 0 Å². The van der Waals surface area contributed by atoms with Crippen LogP contribution in [0.15, 0.2) is 12.1 Å². The largest absolute Gasteiger partial charge is 0.493 e.